The third-order valence-corrected chi connectivity index (χ3v) is 4.17. The number of halogens is 3. The topological polar surface area (TPSA) is 47.3 Å². The van der Waals surface area contributed by atoms with Crippen LogP contribution >= 0.6 is 15.9 Å². The van der Waals surface area contributed by atoms with E-state index in [0.29, 0.717) is 5.56 Å². The van der Waals surface area contributed by atoms with Gasteiger partial charge in [0.2, 0.25) is 0 Å². The molecule has 4 nitrogen and oxygen atoms in total. The Kier molecular flexibility index (Phi) is 4.95. The number of aliphatic hydroxyl groups is 1. The highest BCUT2D eigenvalue weighted by Gasteiger charge is 2.20. The van der Waals surface area contributed by atoms with Crippen LogP contribution in [0.5, 0.6) is 5.75 Å². The van der Waals surface area contributed by atoms with E-state index >= 15 is 0 Å². The van der Waals surface area contributed by atoms with E-state index in [9.17, 15) is 13.9 Å². The lowest BCUT2D eigenvalue weighted by molar-refractivity contribution is -0.0515. The molecular formula is C14H15BrF2N2O2. The Morgan fingerprint density at radius 2 is 2.05 bits per heavy atom. The van der Waals surface area contributed by atoms with Gasteiger partial charge in [0.05, 0.1) is 22.0 Å². The van der Waals surface area contributed by atoms with Gasteiger partial charge in [-0.05, 0) is 28.9 Å². The van der Waals surface area contributed by atoms with E-state index < -0.39 is 12.7 Å². The van der Waals surface area contributed by atoms with Crippen LogP contribution in [0.25, 0.3) is 0 Å². The summed E-state index contributed by atoms with van der Waals surface area (Å²) in [6, 6.07) is 6.23. The maximum absolute atomic E-state index is 12.4. The van der Waals surface area contributed by atoms with Crippen LogP contribution in [0, 0.1) is 6.92 Å². The molecule has 7 heteroatoms. The summed E-state index contributed by atoms with van der Waals surface area (Å²) >= 11 is 3.42. The first kappa shape index (κ1) is 15.9. The summed E-state index contributed by atoms with van der Waals surface area (Å²) in [4.78, 5) is 0. The molecule has 0 aliphatic heterocycles. The molecule has 1 atom stereocenters. The molecule has 0 saturated heterocycles. The fourth-order valence-corrected chi connectivity index (χ4v) is 2.65. The number of para-hydroxylation sites is 1. The lowest BCUT2D eigenvalue weighted by Gasteiger charge is -2.16. The summed E-state index contributed by atoms with van der Waals surface area (Å²) in [6.45, 7) is -1.09. The van der Waals surface area contributed by atoms with Gasteiger partial charge in [-0.25, -0.2) is 0 Å². The highest BCUT2D eigenvalue weighted by molar-refractivity contribution is 9.10. The lowest BCUT2D eigenvalue weighted by atomic mass is 10.0. The van der Waals surface area contributed by atoms with Crippen molar-refractivity contribution in [1.82, 2.24) is 9.78 Å². The molecule has 0 amide bonds. The molecule has 0 fully saturated rings. The maximum Gasteiger partial charge on any atom is 0.387 e. The van der Waals surface area contributed by atoms with Crippen LogP contribution in [0.1, 0.15) is 23.1 Å². The molecule has 2 rings (SSSR count). The molecule has 0 bridgehead atoms. The van der Waals surface area contributed by atoms with Gasteiger partial charge in [-0.2, -0.15) is 13.9 Å². The Hall–Kier alpha value is -1.47. The highest BCUT2D eigenvalue weighted by atomic mass is 79.9. The quantitative estimate of drug-likeness (QED) is 0.889. The van der Waals surface area contributed by atoms with Crippen molar-refractivity contribution in [3.05, 3.63) is 45.7 Å². The van der Waals surface area contributed by atoms with Crippen molar-refractivity contribution in [1.29, 1.82) is 0 Å². The summed E-state index contributed by atoms with van der Waals surface area (Å²) in [6.07, 6.45) is -0.729. The van der Waals surface area contributed by atoms with Crippen LogP contribution in [0.15, 0.2) is 28.7 Å². The maximum atomic E-state index is 12.4. The van der Waals surface area contributed by atoms with E-state index in [-0.39, 0.29) is 12.2 Å². The number of nitrogens with zero attached hydrogens (tertiary/aromatic N) is 2. The van der Waals surface area contributed by atoms with Crippen LogP contribution in [0.4, 0.5) is 8.78 Å². The van der Waals surface area contributed by atoms with E-state index in [4.69, 9.17) is 0 Å². The van der Waals surface area contributed by atoms with Crippen molar-refractivity contribution in [2.75, 3.05) is 0 Å². The Morgan fingerprint density at radius 3 is 2.62 bits per heavy atom. The summed E-state index contributed by atoms with van der Waals surface area (Å²) in [5.41, 5.74) is 1.91. The molecular weight excluding hydrogens is 346 g/mol. The van der Waals surface area contributed by atoms with Gasteiger partial charge in [-0.15, -0.1) is 0 Å². The predicted molar refractivity (Wildman–Crippen MR) is 77.4 cm³/mol. The monoisotopic (exact) mass is 360 g/mol. The van der Waals surface area contributed by atoms with E-state index in [1.165, 1.54) is 6.07 Å². The zero-order valence-electron chi connectivity index (χ0n) is 11.6. The predicted octanol–water partition coefficient (Wildman–Crippen LogP) is 3.37. The highest BCUT2D eigenvalue weighted by Crippen LogP contribution is 2.31. The second-order valence-corrected chi connectivity index (χ2v) is 5.40. The van der Waals surface area contributed by atoms with Crippen LogP contribution < -0.4 is 4.74 Å². The Balaban J connectivity index is 2.26. The third-order valence-electron chi connectivity index (χ3n) is 3.14. The molecule has 1 unspecified atom stereocenters. The summed E-state index contributed by atoms with van der Waals surface area (Å²) in [7, 11) is 1.77. The van der Waals surface area contributed by atoms with Gasteiger partial charge in [0, 0.05) is 19.0 Å². The van der Waals surface area contributed by atoms with Crippen molar-refractivity contribution in [3.63, 3.8) is 0 Å². The van der Waals surface area contributed by atoms with Crippen LogP contribution in [0.2, 0.25) is 0 Å². The summed E-state index contributed by atoms with van der Waals surface area (Å²) < 4.78 is 31.7. The number of aryl methyl sites for hydroxylation is 2. The van der Waals surface area contributed by atoms with Crippen molar-refractivity contribution < 1.29 is 18.6 Å². The number of ether oxygens (including phenoxy) is 1. The van der Waals surface area contributed by atoms with Gasteiger partial charge in [0.1, 0.15) is 5.75 Å². The lowest BCUT2D eigenvalue weighted by Crippen LogP contribution is -2.10. The van der Waals surface area contributed by atoms with Gasteiger partial charge < -0.3 is 9.84 Å². The third kappa shape index (κ3) is 3.59. The Bertz CT molecular complexity index is 631. The molecule has 1 heterocycles. The minimum absolute atomic E-state index is 0.0185. The van der Waals surface area contributed by atoms with Gasteiger partial charge >= 0.3 is 6.61 Å². The first-order valence-electron chi connectivity index (χ1n) is 6.30. The molecule has 21 heavy (non-hydrogen) atoms. The van der Waals surface area contributed by atoms with Crippen LogP contribution in [-0.2, 0) is 13.5 Å². The van der Waals surface area contributed by atoms with Gasteiger partial charge in [-0.1, -0.05) is 18.2 Å². The standard InChI is InChI=1S/C14H15BrF2N2O2/c1-8-13(15)10(19(2)18-8)7-11(20)9-5-3-4-6-12(9)21-14(16)17/h3-6,11,14,20H,7H2,1-2H3. The first-order chi connectivity index (χ1) is 9.90. The number of hydrogen-bond donors (Lipinski definition) is 1. The average molecular weight is 361 g/mol. The fraction of sp³-hybridized carbons (Fsp3) is 0.357. The first-order valence-corrected chi connectivity index (χ1v) is 7.09. The average Bonchev–Trinajstić information content (AvgIpc) is 2.65. The minimum Gasteiger partial charge on any atom is -0.434 e. The molecule has 2 aromatic rings. The largest absolute Gasteiger partial charge is 0.434 e. The molecule has 0 aliphatic rings. The van der Waals surface area contributed by atoms with E-state index in [1.807, 2.05) is 6.92 Å². The van der Waals surface area contributed by atoms with Crippen molar-refractivity contribution in [2.45, 2.75) is 26.1 Å². The van der Waals surface area contributed by atoms with Crippen molar-refractivity contribution in [3.8, 4) is 5.75 Å². The van der Waals surface area contributed by atoms with E-state index in [2.05, 4.69) is 25.8 Å². The number of aliphatic hydroxyl groups excluding tert-OH is 1. The molecule has 1 N–H and O–H groups in total. The molecule has 114 valence electrons. The van der Waals surface area contributed by atoms with Gasteiger partial charge in [-0.3, -0.25) is 4.68 Å². The second-order valence-electron chi connectivity index (χ2n) is 4.61. The Morgan fingerprint density at radius 1 is 1.38 bits per heavy atom. The van der Waals surface area contributed by atoms with E-state index in [0.717, 1.165) is 15.9 Å². The number of rotatable bonds is 5. The number of alkyl halides is 2. The molecule has 0 saturated carbocycles. The van der Waals surface area contributed by atoms with Gasteiger partial charge in [0.15, 0.2) is 0 Å². The molecule has 0 aliphatic carbocycles. The summed E-state index contributed by atoms with van der Waals surface area (Å²) in [5, 5.41) is 14.6. The van der Waals surface area contributed by atoms with Crippen LogP contribution in [-0.4, -0.2) is 21.5 Å². The van der Waals surface area contributed by atoms with E-state index in [1.54, 1.807) is 29.9 Å². The fourth-order valence-electron chi connectivity index (χ4n) is 2.15. The smallest absolute Gasteiger partial charge is 0.387 e. The Labute approximate surface area is 129 Å². The molecule has 0 spiro atoms. The summed E-state index contributed by atoms with van der Waals surface area (Å²) in [5.74, 6) is -0.0185. The minimum atomic E-state index is -2.93. The number of aromatic nitrogens is 2. The molecule has 1 aromatic heterocycles. The zero-order chi connectivity index (χ0) is 15.6. The van der Waals surface area contributed by atoms with Crippen LogP contribution in [0.3, 0.4) is 0 Å². The SMILES string of the molecule is Cc1nn(C)c(CC(O)c2ccccc2OC(F)F)c1Br. The number of benzene rings is 1. The zero-order valence-corrected chi connectivity index (χ0v) is 13.1. The number of hydrogen-bond acceptors (Lipinski definition) is 3. The van der Waals surface area contributed by atoms with Crippen molar-refractivity contribution >= 4 is 15.9 Å². The normalized spacial score (nSPS) is 12.7. The second kappa shape index (κ2) is 6.53. The van der Waals surface area contributed by atoms with Gasteiger partial charge in [0.25, 0.3) is 0 Å². The van der Waals surface area contributed by atoms with Crippen molar-refractivity contribution in [2.24, 2.45) is 7.05 Å². The molecule has 1 aromatic carbocycles. The molecule has 0 radical (unpaired) electrons.